The Kier molecular flexibility index (Phi) is 6.82. The Bertz CT molecular complexity index is 566. The van der Waals surface area contributed by atoms with Gasteiger partial charge in [0.05, 0.1) is 12.2 Å². The molecular weight excluding hydrogens is 320 g/mol. The number of amides is 2. The zero-order valence-corrected chi connectivity index (χ0v) is 15.4. The highest BCUT2D eigenvalue weighted by atomic mass is 16.5. The summed E-state index contributed by atoms with van der Waals surface area (Å²) in [7, 11) is 0. The summed E-state index contributed by atoms with van der Waals surface area (Å²) in [6.07, 6.45) is -0.596. The van der Waals surface area contributed by atoms with E-state index in [-0.39, 0.29) is 30.6 Å². The SMILES string of the molecule is CC1CN(C(=O)C(NC(=O)OCc2ccccc2)C(C)C)CC(C)O1. The van der Waals surface area contributed by atoms with Crippen molar-refractivity contribution in [3.63, 3.8) is 0 Å². The van der Waals surface area contributed by atoms with E-state index in [2.05, 4.69) is 5.32 Å². The van der Waals surface area contributed by atoms with Crippen LogP contribution in [0.5, 0.6) is 0 Å². The highest BCUT2D eigenvalue weighted by molar-refractivity contribution is 5.86. The number of morpholine rings is 1. The fourth-order valence-corrected chi connectivity index (χ4v) is 2.96. The van der Waals surface area contributed by atoms with Crippen molar-refractivity contribution in [1.82, 2.24) is 10.2 Å². The minimum absolute atomic E-state index is 0.00876. The molecule has 0 spiro atoms. The van der Waals surface area contributed by atoms with E-state index >= 15 is 0 Å². The summed E-state index contributed by atoms with van der Waals surface area (Å²) >= 11 is 0. The number of hydrogen-bond acceptors (Lipinski definition) is 4. The maximum atomic E-state index is 12.8. The van der Waals surface area contributed by atoms with Crippen LogP contribution >= 0.6 is 0 Å². The van der Waals surface area contributed by atoms with Crippen LogP contribution in [0.3, 0.4) is 0 Å². The largest absolute Gasteiger partial charge is 0.445 e. The van der Waals surface area contributed by atoms with Crippen LogP contribution in [0.25, 0.3) is 0 Å². The second kappa shape index (κ2) is 8.85. The van der Waals surface area contributed by atoms with Crippen LogP contribution in [0.15, 0.2) is 30.3 Å². The van der Waals surface area contributed by atoms with Gasteiger partial charge in [0.2, 0.25) is 5.91 Å². The Balaban J connectivity index is 1.93. The molecular formula is C19H28N2O4. The maximum Gasteiger partial charge on any atom is 0.408 e. The summed E-state index contributed by atoms with van der Waals surface area (Å²) in [5.74, 6) is -0.126. The quantitative estimate of drug-likeness (QED) is 0.888. The van der Waals surface area contributed by atoms with E-state index in [0.717, 1.165) is 5.56 Å². The molecule has 3 atom stereocenters. The molecule has 3 unspecified atom stereocenters. The summed E-state index contributed by atoms with van der Waals surface area (Å²) < 4.78 is 10.9. The lowest BCUT2D eigenvalue weighted by Gasteiger charge is -2.37. The molecule has 1 aromatic carbocycles. The van der Waals surface area contributed by atoms with Crippen molar-refractivity contribution in [3.8, 4) is 0 Å². The van der Waals surface area contributed by atoms with Crippen molar-refractivity contribution >= 4 is 12.0 Å². The Labute approximate surface area is 149 Å². The second-order valence-electron chi connectivity index (χ2n) is 6.93. The minimum atomic E-state index is -0.610. The van der Waals surface area contributed by atoms with E-state index in [9.17, 15) is 9.59 Å². The molecule has 2 amide bonds. The predicted octanol–water partition coefficient (Wildman–Crippen LogP) is 2.57. The van der Waals surface area contributed by atoms with Crippen LogP contribution in [-0.2, 0) is 20.9 Å². The monoisotopic (exact) mass is 348 g/mol. The normalized spacial score (nSPS) is 21.7. The average molecular weight is 348 g/mol. The van der Waals surface area contributed by atoms with Gasteiger partial charge in [-0.2, -0.15) is 0 Å². The van der Waals surface area contributed by atoms with Gasteiger partial charge in [-0.3, -0.25) is 4.79 Å². The summed E-state index contributed by atoms with van der Waals surface area (Å²) in [4.78, 5) is 26.7. The molecule has 6 nitrogen and oxygen atoms in total. The van der Waals surface area contributed by atoms with Crippen LogP contribution in [0.4, 0.5) is 4.79 Å². The molecule has 0 aromatic heterocycles. The second-order valence-corrected chi connectivity index (χ2v) is 6.93. The van der Waals surface area contributed by atoms with E-state index in [4.69, 9.17) is 9.47 Å². The maximum absolute atomic E-state index is 12.8. The summed E-state index contributed by atoms with van der Waals surface area (Å²) in [6, 6.07) is 8.83. The zero-order chi connectivity index (χ0) is 18.4. The number of nitrogens with zero attached hydrogens (tertiary/aromatic N) is 1. The Hall–Kier alpha value is -2.08. The number of carbonyl (C=O) groups is 2. The van der Waals surface area contributed by atoms with Crippen molar-refractivity contribution in [2.75, 3.05) is 13.1 Å². The molecule has 138 valence electrons. The van der Waals surface area contributed by atoms with Crippen LogP contribution in [0.2, 0.25) is 0 Å². The lowest BCUT2D eigenvalue weighted by molar-refractivity contribution is -0.146. The van der Waals surface area contributed by atoms with Crippen molar-refractivity contribution in [2.24, 2.45) is 5.92 Å². The van der Waals surface area contributed by atoms with Crippen LogP contribution in [0.1, 0.15) is 33.3 Å². The van der Waals surface area contributed by atoms with Crippen LogP contribution in [-0.4, -0.2) is 48.2 Å². The third-order valence-electron chi connectivity index (χ3n) is 4.15. The third-order valence-corrected chi connectivity index (χ3v) is 4.15. The molecule has 1 aliphatic rings. The van der Waals surface area contributed by atoms with Gasteiger partial charge in [-0.05, 0) is 25.3 Å². The molecule has 1 N–H and O–H groups in total. The molecule has 1 aliphatic heterocycles. The minimum Gasteiger partial charge on any atom is -0.445 e. The number of rotatable bonds is 5. The average Bonchev–Trinajstić information content (AvgIpc) is 2.57. The molecule has 0 aliphatic carbocycles. The topological polar surface area (TPSA) is 67.9 Å². The van der Waals surface area contributed by atoms with Crippen LogP contribution in [0, 0.1) is 5.92 Å². The van der Waals surface area contributed by atoms with E-state index < -0.39 is 12.1 Å². The lowest BCUT2D eigenvalue weighted by Crippen LogP contribution is -2.56. The number of hydrogen-bond donors (Lipinski definition) is 1. The molecule has 1 heterocycles. The van der Waals surface area contributed by atoms with Gasteiger partial charge in [-0.15, -0.1) is 0 Å². The van der Waals surface area contributed by atoms with Gasteiger partial charge < -0.3 is 19.7 Å². The smallest absolute Gasteiger partial charge is 0.408 e. The number of ether oxygens (including phenoxy) is 2. The predicted molar refractivity (Wildman–Crippen MR) is 95.0 cm³/mol. The Morgan fingerprint density at radius 1 is 1.20 bits per heavy atom. The fourth-order valence-electron chi connectivity index (χ4n) is 2.96. The molecule has 25 heavy (non-hydrogen) atoms. The zero-order valence-electron chi connectivity index (χ0n) is 15.4. The molecule has 1 aromatic rings. The molecule has 1 saturated heterocycles. The number of benzene rings is 1. The fraction of sp³-hybridized carbons (Fsp3) is 0.579. The van der Waals surface area contributed by atoms with E-state index in [1.807, 2.05) is 58.0 Å². The first-order valence-electron chi connectivity index (χ1n) is 8.78. The number of nitrogens with one attached hydrogen (secondary N) is 1. The highest BCUT2D eigenvalue weighted by Crippen LogP contribution is 2.15. The third kappa shape index (κ3) is 5.74. The molecule has 6 heteroatoms. The van der Waals surface area contributed by atoms with Gasteiger partial charge in [0.25, 0.3) is 0 Å². The van der Waals surface area contributed by atoms with Gasteiger partial charge in [0.15, 0.2) is 0 Å². The summed E-state index contributed by atoms with van der Waals surface area (Å²) in [6.45, 7) is 8.96. The molecule has 0 radical (unpaired) electrons. The van der Waals surface area contributed by atoms with Gasteiger partial charge in [-0.1, -0.05) is 44.2 Å². The lowest BCUT2D eigenvalue weighted by atomic mass is 10.0. The Morgan fingerprint density at radius 3 is 2.36 bits per heavy atom. The Morgan fingerprint density at radius 2 is 1.80 bits per heavy atom. The summed E-state index contributed by atoms with van der Waals surface area (Å²) in [5, 5.41) is 2.72. The molecule has 0 bridgehead atoms. The highest BCUT2D eigenvalue weighted by Gasteiger charge is 2.33. The first-order valence-corrected chi connectivity index (χ1v) is 8.78. The van der Waals surface area contributed by atoms with Crippen molar-refractivity contribution < 1.29 is 19.1 Å². The van der Waals surface area contributed by atoms with E-state index in [1.165, 1.54) is 0 Å². The number of alkyl carbamates (subject to hydrolysis) is 1. The van der Waals surface area contributed by atoms with E-state index in [0.29, 0.717) is 13.1 Å². The van der Waals surface area contributed by atoms with Gasteiger partial charge in [-0.25, -0.2) is 4.79 Å². The standard InChI is InChI=1S/C19H28N2O4/c1-13(2)17(18(22)21-10-14(3)25-15(4)11-21)20-19(23)24-12-16-8-6-5-7-9-16/h5-9,13-15,17H,10-12H2,1-4H3,(H,20,23). The molecule has 2 rings (SSSR count). The van der Waals surface area contributed by atoms with Gasteiger partial charge in [0.1, 0.15) is 12.6 Å². The van der Waals surface area contributed by atoms with Crippen LogP contribution < -0.4 is 5.32 Å². The first kappa shape index (κ1) is 19.2. The first-order chi connectivity index (χ1) is 11.9. The molecule has 1 fully saturated rings. The number of carbonyl (C=O) groups excluding carboxylic acids is 2. The van der Waals surface area contributed by atoms with Crippen molar-refractivity contribution in [1.29, 1.82) is 0 Å². The van der Waals surface area contributed by atoms with Gasteiger partial charge in [0, 0.05) is 13.1 Å². The van der Waals surface area contributed by atoms with Gasteiger partial charge >= 0.3 is 6.09 Å². The van der Waals surface area contributed by atoms with E-state index in [1.54, 1.807) is 4.90 Å². The molecule has 0 saturated carbocycles. The summed E-state index contributed by atoms with van der Waals surface area (Å²) in [5.41, 5.74) is 0.904. The van der Waals surface area contributed by atoms with Crippen molar-refractivity contribution in [2.45, 2.75) is 52.6 Å². The van der Waals surface area contributed by atoms with Crippen molar-refractivity contribution in [3.05, 3.63) is 35.9 Å².